The van der Waals surface area contributed by atoms with E-state index in [1.807, 2.05) is 6.07 Å². The van der Waals surface area contributed by atoms with Crippen LogP contribution in [-0.2, 0) is 11.2 Å². The molecule has 3 N–H and O–H groups in total. The maximum absolute atomic E-state index is 12.9. The summed E-state index contributed by atoms with van der Waals surface area (Å²) in [6.07, 6.45) is 2.16. The van der Waals surface area contributed by atoms with Crippen LogP contribution in [0.1, 0.15) is 22.8 Å². The molecule has 6 nitrogen and oxygen atoms in total. The van der Waals surface area contributed by atoms with Gasteiger partial charge in [0.2, 0.25) is 5.91 Å². The van der Waals surface area contributed by atoms with Gasteiger partial charge in [0.1, 0.15) is 11.6 Å². The fourth-order valence-electron chi connectivity index (χ4n) is 2.74. The zero-order valence-corrected chi connectivity index (χ0v) is 15.9. The Morgan fingerprint density at radius 3 is 2.52 bits per heavy atom. The lowest BCUT2D eigenvalue weighted by Crippen LogP contribution is -2.25. The zero-order valence-electron chi connectivity index (χ0n) is 15.9. The van der Waals surface area contributed by atoms with Gasteiger partial charge in [0.25, 0.3) is 5.91 Å². The maximum Gasteiger partial charge on any atom is 0.251 e. The first-order valence-electron chi connectivity index (χ1n) is 9.13. The molecule has 0 radical (unpaired) electrons. The Morgan fingerprint density at radius 1 is 1.00 bits per heavy atom. The number of nitrogens with one attached hydrogen (secondary N) is 3. The van der Waals surface area contributed by atoms with Crippen molar-refractivity contribution in [1.82, 2.24) is 10.3 Å². The number of anilines is 3. The summed E-state index contributed by atoms with van der Waals surface area (Å²) in [6.45, 7) is 1.88. The van der Waals surface area contributed by atoms with E-state index >= 15 is 0 Å². The third-order valence-corrected chi connectivity index (χ3v) is 4.09. The molecule has 1 aromatic heterocycles. The Labute approximate surface area is 168 Å². The molecule has 0 aliphatic heterocycles. The predicted molar refractivity (Wildman–Crippen MR) is 111 cm³/mol. The lowest BCUT2D eigenvalue weighted by molar-refractivity contribution is -0.114. The predicted octanol–water partition coefficient (Wildman–Crippen LogP) is 3.90. The summed E-state index contributed by atoms with van der Waals surface area (Å²) in [7, 11) is 0. The van der Waals surface area contributed by atoms with E-state index in [0.717, 1.165) is 11.3 Å². The van der Waals surface area contributed by atoms with Gasteiger partial charge in [0.05, 0.1) is 0 Å². The molecule has 0 unspecified atom stereocenters. The van der Waals surface area contributed by atoms with Crippen molar-refractivity contribution in [1.29, 1.82) is 0 Å². The largest absolute Gasteiger partial charge is 0.352 e. The molecule has 0 spiro atoms. The van der Waals surface area contributed by atoms with Gasteiger partial charge in [-0.15, -0.1) is 0 Å². The van der Waals surface area contributed by atoms with Crippen molar-refractivity contribution < 1.29 is 14.0 Å². The quantitative estimate of drug-likeness (QED) is 0.570. The van der Waals surface area contributed by atoms with Gasteiger partial charge in [-0.25, -0.2) is 9.37 Å². The number of benzene rings is 2. The number of aromatic nitrogens is 1. The number of rotatable bonds is 7. The number of halogens is 1. The average Bonchev–Trinajstić information content (AvgIpc) is 2.69. The first kappa shape index (κ1) is 20.0. The van der Waals surface area contributed by atoms with Crippen molar-refractivity contribution in [3.8, 4) is 0 Å². The Balaban J connectivity index is 1.59. The topological polar surface area (TPSA) is 83.1 Å². The van der Waals surface area contributed by atoms with Crippen molar-refractivity contribution in [3.05, 3.63) is 83.8 Å². The highest BCUT2D eigenvalue weighted by Gasteiger charge is 2.07. The third-order valence-electron chi connectivity index (χ3n) is 4.09. The lowest BCUT2D eigenvalue weighted by Gasteiger charge is -2.10. The number of hydrogen-bond acceptors (Lipinski definition) is 4. The second kappa shape index (κ2) is 9.45. The maximum atomic E-state index is 12.9. The molecule has 2 aromatic carbocycles. The summed E-state index contributed by atoms with van der Waals surface area (Å²) < 4.78 is 12.9. The van der Waals surface area contributed by atoms with E-state index < -0.39 is 0 Å². The number of carbonyl (C=O) groups excluding carboxylic acids is 2. The monoisotopic (exact) mass is 392 g/mol. The van der Waals surface area contributed by atoms with Crippen LogP contribution in [0, 0.1) is 5.82 Å². The minimum atomic E-state index is -0.280. The molecule has 29 heavy (non-hydrogen) atoms. The van der Waals surface area contributed by atoms with Crippen LogP contribution in [0.15, 0.2) is 66.9 Å². The van der Waals surface area contributed by atoms with Crippen LogP contribution in [0.25, 0.3) is 0 Å². The molecule has 3 rings (SSSR count). The van der Waals surface area contributed by atoms with Crippen LogP contribution in [0.5, 0.6) is 0 Å². The molecule has 2 amide bonds. The van der Waals surface area contributed by atoms with Gasteiger partial charge < -0.3 is 16.0 Å². The SMILES string of the molecule is CC(=O)Nc1cccc(Nc2cc(C(=O)NCCc3ccc(F)cc3)ccn2)c1. The zero-order chi connectivity index (χ0) is 20.6. The van der Waals surface area contributed by atoms with Crippen LogP contribution in [0.2, 0.25) is 0 Å². The molecule has 7 heteroatoms. The minimum absolute atomic E-state index is 0.153. The van der Waals surface area contributed by atoms with Crippen molar-refractivity contribution in [2.45, 2.75) is 13.3 Å². The van der Waals surface area contributed by atoms with Crippen LogP contribution in [0.3, 0.4) is 0 Å². The Morgan fingerprint density at radius 2 is 1.76 bits per heavy atom. The fourth-order valence-corrected chi connectivity index (χ4v) is 2.74. The molecule has 0 saturated heterocycles. The normalized spacial score (nSPS) is 10.3. The van der Waals surface area contributed by atoms with Crippen LogP contribution >= 0.6 is 0 Å². The summed E-state index contributed by atoms with van der Waals surface area (Å²) in [5, 5.41) is 8.69. The van der Waals surface area contributed by atoms with Crippen molar-refractivity contribution in [2.24, 2.45) is 0 Å². The van der Waals surface area contributed by atoms with Gasteiger partial charge in [-0.05, 0) is 54.4 Å². The van der Waals surface area contributed by atoms with E-state index in [9.17, 15) is 14.0 Å². The lowest BCUT2D eigenvalue weighted by atomic mass is 10.1. The Kier molecular flexibility index (Phi) is 6.52. The molecule has 0 bridgehead atoms. The Bertz CT molecular complexity index is 1010. The van der Waals surface area contributed by atoms with E-state index in [-0.39, 0.29) is 17.6 Å². The number of nitrogens with zero attached hydrogens (tertiary/aromatic N) is 1. The molecular formula is C22H21FN4O2. The number of amides is 2. The highest BCUT2D eigenvalue weighted by Crippen LogP contribution is 2.19. The van der Waals surface area contributed by atoms with Crippen molar-refractivity contribution in [3.63, 3.8) is 0 Å². The molecule has 0 aliphatic carbocycles. The molecule has 0 saturated carbocycles. The highest BCUT2D eigenvalue weighted by molar-refractivity contribution is 5.95. The second-order valence-corrected chi connectivity index (χ2v) is 6.45. The third kappa shape index (κ3) is 6.14. The van der Waals surface area contributed by atoms with Gasteiger partial charge in [0.15, 0.2) is 0 Å². The van der Waals surface area contributed by atoms with E-state index in [1.165, 1.54) is 19.1 Å². The standard InChI is InChI=1S/C22H21FN4O2/c1-15(28)26-19-3-2-4-20(14-19)27-21-13-17(10-12-24-21)22(29)25-11-9-16-5-7-18(23)8-6-16/h2-8,10,12-14H,9,11H2,1H3,(H,24,27)(H,25,29)(H,26,28). The highest BCUT2D eigenvalue weighted by atomic mass is 19.1. The first-order chi connectivity index (χ1) is 14.0. The molecule has 0 fully saturated rings. The van der Waals surface area contributed by atoms with Gasteiger partial charge in [-0.3, -0.25) is 9.59 Å². The summed E-state index contributed by atoms with van der Waals surface area (Å²) in [5.74, 6) is -0.141. The smallest absolute Gasteiger partial charge is 0.251 e. The molecule has 1 heterocycles. The van der Waals surface area contributed by atoms with Crippen LogP contribution in [-0.4, -0.2) is 23.3 Å². The molecule has 0 atom stereocenters. The van der Waals surface area contributed by atoms with E-state index in [1.54, 1.807) is 48.7 Å². The number of pyridine rings is 1. The van der Waals surface area contributed by atoms with E-state index in [2.05, 4.69) is 20.9 Å². The first-order valence-corrected chi connectivity index (χ1v) is 9.13. The number of hydrogen-bond donors (Lipinski definition) is 3. The van der Waals surface area contributed by atoms with Gasteiger partial charge >= 0.3 is 0 Å². The Hall–Kier alpha value is -3.74. The number of carbonyl (C=O) groups is 2. The fraction of sp³-hybridized carbons (Fsp3) is 0.136. The van der Waals surface area contributed by atoms with E-state index in [0.29, 0.717) is 30.0 Å². The van der Waals surface area contributed by atoms with Crippen molar-refractivity contribution in [2.75, 3.05) is 17.2 Å². The van der Waals surface area contributed by atoms with Gasteiger partial charge in [-0.1, -0.05) is 18.2 Å². The van der Waals surface area contributed by atoms with Crippen LogP contribution in [0.4, 0.5) is 21.6 Å². The van der Waals surface area contributed by atoms with E-state index in [4.69, 9.17) is 0 Å². The molecule has 0 aliphatic rings. The van der Waals surface area contributed by atoms with Gasteiger partial charge in [0, 0.05) is 36.6 Å². The summed E-state index contributed by atoms with van der Waals surface area (Å²) in [5.41, 5.74) is 2.82. The van der Waals surface area contributed by atoms with Crippen LogP contribution < -0.4 is 16.0 Å². The average molecular weight is 392 g/mol. The molecule has 3 aromatic rings. The van der Waals surface area contributed by atoms with Crippen molar-refractivity contribution >= 4 is 29.0 Å². The summed E-state index contributed by atoms with van der Waals surface area (Å²) in [4.78, 5) is 27.8. The summed E-state index contributed by atoms with van der Waals surface area (Å²) in [6, 6.07) is 16.7. The molecular weight excluding hydrogens is 371 g/mol. The second-order valence-electron chi connectivity index (χ2n) is 6.45. The molecule has 148 valence electrons. The summed E-state index contributed by atoms with van der Waals surface area (Å²) >= 11 is 0. The van der Waals surface area contributed by atoms with Gasteiger partial charge in [-0.2, -0.15) is 0 Å². The minimum Gasteiger partial charge on any atom is -0.352 e.